The van der Waals surface area contributed by atoms with Gasteiger partial charge in [0.25, 0.3) is 0 Å². The summed E-state index contributed by atoms with van der Waals surface area (Å²) in [5, 5.41) is 3.45. The van der Waals surface area contributed by atoms with E-state index in [-0.39, 0.29) is 12.1 Å². The van der Waals surface area contributed by atoms with Crippen molar-refractivity contribution in [3.8, 4) is 0 Å². The van der Waals surface area contributed by atoms with Crippen molar-refractivity contribution in [2.24, 2.45) is 0 Å². The minimum Gasteiger partial charge on any atom is -0.428 e. The molecule has 102 valence electrons. The van der Waals surface area contributed by atoms with Crippen molar-refractivity contribution in [3.63, 3.8) is 0 Å². The Morgan fingerprint density at radius 1 is 1.47 bits per heavy atom. The van der Waals surface area contributed by atoms with Gasteiger partial charge in [-0.15, -0.1) is 0 Å². The Balaban J connectivity index is 1.75. The smallest absolute Gasteiger partial charge is 0.341 e. The number of carbonyl (C=O) groups is 1. The van der Waals surface area contributed by atoms with Crippen LogP contribution >= 0.6 is 0 Å². The van der Waals surface area contributed by atoms with Crippen LogP contribution in [0, 0.1) is 0 Å². The summed E-state index contributed by atoms with van der Waals surface area (Å²) in [6.45, 7) is 3.15. The molecule has 3 atom stereocenters. The van der Waals surface area contributed by atoms with Crippen LogP contribution in [0.25, 0.3) is 0 Å². The highest BCUT2D eigenvalue weighted by Crippen LogP contribution is 2.33. The first kappa shape index (κ1) is 12.6. The van der Waals surface area contributed by atoms with Gasteiger partial charge in [-0.25, -0.2) is 4.79 Å². The molecule has 1 fully saturated rings. The number of esters is 1. The molecule has 2 unspecified atom stereocenters. The van der Waals surface area contributed by atoms with Crippen LogP contribution in [-0.4, -0.2) is 24.7 Å². The number of hydrogen-bond donors (Lipinski definition) is 1. The Bertz CT molecular complexity index is 468. The summed E-state index contributed by atoms with van der Waals surface area (Å²) >= 11 is 0. The summed E-state index contributed by atoms with van der Waals surface area (Å²) in [5.41, 5.74) is 1.48. The zero-order valence-corrected chi connectivity index (χ0v) is 11.1. The maximum Gasteiger partial charge on any atom is 0.341 e. The van der Waals surface area contributed by atoms with Crippen molar-refractivity contribution < 1.29 is 14.3 Å². The molecule has 0 radical (unpaired) electrons. The Morgan fingerprint density at radius 2 is 2.32 bits per heavy atom. The molecule has 0 aromatic heterocycles. The average Bonchev–Trinajstić information content (AvgIpc) is 3.06. The van der Waals surface area contributed by atoms with Crippen LogP contribution in [0.4, 0.5) is 0 Å². The number of fused-ring (bicyclic) bond motifs is 1. The fourth-order valence-electron chi connectivity index (χ4n) is 2.88. The molecule has 0 spiro atoms. The van der Waals surface area contributed by atoms with E-state index in [0.717, 1.165) is 24.9 Å². The third kappa shape index (κ3) is 2.38. The summed E-state index contributed by atoms with van der Waals surface area (Å²) in [6, 6.07) is 7.82. The maximum absolute atomic E-state index is 11.7. The first-order chi connectivity index (χ1) is 9.29. The first-order valence-electron chi connectivity index (χ1n) is 6.98. The van der Waals surface area contributed by atoms with Crippen molar-refractivity contribution in [1.29, 1.82) is 0 Å². The van der Waals surface area contributed by atoms with Crippen molar-refractivity contribution >= 4 is 5.97 Å². The van der Waals surface area contributed by atoms with E-state index in [1.54, 1.807) is 6.07 Å². The first-order valence-corrected chi connectivity index (χ1v) is 6.98. The fraction of sp³-hybridized carbons (Fsp3) is 0.533. The van der Waals surface area contributed by atoms with Gasteiger partial charge in [-0.3, -0.25) is 0 Å². The van der Waals surface area contributed by atoms with Gasteiger partial charge >= 0.3 is 5.97 Å². The molecule has 1 saturated heterocycles. The van der Waals surface area contributed by atoms with E-state index in [0.29, 0.717) is 11.6 Å². The molecule has 0 amide bonds. The minimum atomic E-state index is -0.545. The molecule has 3 rings (SSSR count). The molecule has 4 heteroatoms. The van der Waals surface area contributed by atoms with Gasteiger partial charge < -0.3 is 14.8 Å². The Morgan fingerprint density at radius 3 is 3.05 bits per heavy atom. The molecule has 1 N–H and O–H groups in total. The molecule has 4 nitrogen and oxygen atoms in total. The molecule has 2 aliphatic heterocycles. The monoisotopic (exact) mass is 261 g/mol. The van der Waals surface area contributed by atoms with Crippen LogP contribution in [0.2, 0.25) is 0 Å². The number of ether oxygens (including phenoxy) is 2. The lowest BCUT2D eigenvalue weighted by atomic mass is 10.1. The number of nitrogens with one attached hydrogen (secondary N) is 1. The summed E-state index contributed by atoms with van der Waals surface area (Å²) in [5.74, 6) is -0.283. The number of carbonyl (C=O) groups excluding carboxylic acids is 1. The summed E-state index contributed by atoms with van der Waals surface area (Å²) in [7, 11) is 0. The number of hydrogen-bond acceptors (Lipinski definition) is 4. The molecule has 2 aliphatic rings. The Labute approximate surface area is 113 Å². The standard InChI is InChI=1S/C15H19NO3/c1-2-13(12-8-5-9-16-12)18-15-11-7-4-3-6-10(11)14(17)19-15/h3-4,6-7,12-13,15-16H,2,5,8-9H2,1H3/t12-,13?,15?/m0/s1. The van der Waals surface area contributed by atoms with Crippen molar-refractivity contribution in [1.82, 2.24) is 5.32 Å². The summed E-state index contributed by atoms with van der Waals surface area (Å²) in [6.07, 6.45) is 2.77. The summed E-state index contributed by atoms with van der Waals surface area (Å²) < 4.78 is 11.4. The van der Waals surface area contributed by atoms with E-state index < -0.39 is 6.29 Å². The Kier molecular flexibility index (Phi) is 3.53. The van der Waals surface area contributed by atoms with E-state index in [4.69, 9.17) is 9.47 Å². The summed E-state index contributed by atoms with van der Waals surface area (Å²) in [4.78, 5) is 11.7. The number of cyclic esters (lactones) is 1. The molecule has 0 saturated carbocycles. The SMILES string of the molecule is CCC(OC1OC(=O)c2ccccc21)[C@@H]1CCCN1. The molecule has 19 heavy (non-hydrogen) atoms. The second kappa shape index (κ2) is 5.31. The van der Waals surface area contributed by atoms with Gasteiger partial charge in [-0.05, 0) is 31.9 Å². The second-order valence-electron chi connectivity index (χ2n) is 5.11. The van der Waals surface area contributed by atoms with E-state index in [2.05, 4.69) is 12.2 Å². The van der Waals surface area contributed by atoms with Gasteiger partial charge in [0.15, 0.2) is 0 Å². The lowest BCUT2D eigenvalue weighted by Crippen LogP contribution is -2.37. The predicted octanol–water partition coefficient (Wildman–Crippen LogP) is 2.40. The maximum atomic E-state index is 11.7. The zero-order chi connectivity index (χ0) is 13.2. The minimum absolute atomic E-state index is 0.0893. The van der Waals surface area contributed by atoms with Gasteiger partial charge in [-0.2, -0.15) is 0 Å². The highest BCUT2D eigenvalue weighted by molar-refractivity contribution is 5.93. The molecule has 1 aromatic rings. The van der Waals surface area contributed by atoms with Crippen molar-refractivity contribution in [2.75, 3.05) is 6.54 Å². The van der Waals surface area contributed by atoms with E-state index in [9.17, 15) is 4.79 Å². The van der Waals surface area contributed by atoms with Crippen LogP contribution in [0.3, 0.4) is 0 Å². The molecule has 2 heterocycles. The van der Waals surface area contributed by atoms with Gasteiger partial charge in [0.05, 0.1) is 11.7 Å². The molecule has 0 bridgehead atoms. The quantitative estimate of drug-likeness (QED) is 0.845. The van der Waals surface area contributed by atoms with Crippen LogP contribution in [0.15, 0.2) is 24.3 Å². The number of rotatable bonds is 4. The van der Waals surface area contributed by atoms with Crippen LogP contribution in [-0.2, 0) is 9.47 Å². The van der Waals surface area contributed by atoms with Gasteiger partial charge in [0.2, 0.25) is 6.29 Å². The molecule has 0 aliphatic carbocycles. The normalized spacial score (nSPS) is 27.1. The fourth-order valence-corrected chi connectivity index (χ4v) is 2.88. The van der Waals surface area contributed by atoms with Gasteiger partial charge in [-0.1, -0.05) is 25.1 Å². The van der Waals surface area contributed by atoms with E-state index in [1.165, 1.54) is 6.42 Å². The van der Waals surface area contributed by atoms with Crippen LogP contribution in [0.5, 0.6) is 0 Å². The predicted molar refractivity (Wildman–Crippen MR) is 70.8 cm³/mol. The van der Waals surface area contributed by atoms with Crippen molar-refractivity contribution in [2.45, 2.75) is 44.6 Å². The van der Waals surface area contributed by atoms with Gasteiger partial charge in [0.1, 0.15) is 0 Å². The van der Waals surface area contributed by atoms with E-state index in [1.807, 2.05) is 18.2 Å². The van der Waals surface area contributed by atoms with Crippen molar-refractivity contribution in [3.05, 3.63) is 35.4 Å². The molecular weight excluding hydrogens is 242 g/mol. The lowest BCUT2D eigenvalue weighted by Gasteiger charge is -2.25. The zero-order valence-electron chi connectivity index (χ0n) is 11.1. The highest BCUT2D eigenvalue weighted by Gasteiger charge is 2.35. The second-order valence-corrected chi connectivity index (χ2v) is 5.11. The highest BCUT2D eigenvalue weighted by atomic mass is 16.7. The topological polar surface area (TPSA) is 47.6 Å². The number of benzene rings is 1. The molecule has 1 aromatic carbocycles. The Hall–Kier alpha value is -1.39. The third-order valence-corrected chi connectivity index (χ3v) is 3.90. The van der Waals surface area contributed by atoms with Crippen LogP contribution in [0.1, 0.15) is 48.4 Å². The van der Waals surface area contributed by atoms with E-state index >= 15 is 0 Å². The third-order valence-electron chi connectivity index (χ3n) is 3.90. The lowest BCUT2D eigenvalue weighted by molar-refractivity contribution is -0.145. The van der Waals surface area contributed by atoms with Gasteiger partial charge in [0, 0.05) is 11.6 Å². The largest absolute Gasteiger partial charge is 0.428 e. The van der Waals surface area contributed by atoms with Crippen LogP contribution < -0.4 is 5.32 Å². The average molecular weight is 261 g/mol. The molecular formula is C15H19NO3.